The van der Waals surface area contributed by atoms with Gasteiger partial charge in [-0.3, -0.25) is 9.48 Å². The molecule has 1 heterocycles. The summed E-state index contributed by atoms with van der Waals surface area (Å²) in [7, 11) is 0. The highest BCUT2D eigenvalue weighted by Gasteiger charge is 2.10. The van der Waals surface area contributed by atoms with Crippen LogP contribution in [-0.2, 0) is 13.2 Å². The molecule has 4 aromatic carbocycles. The molecule has 5 rings (SSSR count). The van der Waals surface area contributed by atoms with E-state index in [0.29, 0.717) is 35.3 Å². The highest BCUT2D eigenvalue weighted by Crippen LogP contribution is 2.24. The second kappa shape index (κ2) is 9.81. The molecule has 0 atom stereocenters. The predicted molar refractivity (Wildman–Crippen MR) is 135 cm³/mol. The molecule has 0 aliphatic carbocycles. The highest BCUT2D eigenvalue weighted by atomic mass is 35.5. The number of carbonyl (C=O) groups excluding carboxylic acids is 1. The molecule has 0 saturated heterocycles. The van der Waals surface area contributed by atoms with E-state index in [1.807, 2.05) is 59.4 Å². The first-order valence-electron chi connectivity index (χ1n) is 10.9. The number of ether oxygens (including phenoxy) is 1. The number of amides is 1. The maximum atomic E-state index is 12.8. The third-order valence-corrected chi connectivity index (χ3v) is 5.83. The maximum absolute atomic E-state index is 12.8. The molecule has 0 bridgehead atoms. The Balaban J connectivity index is 1.24. The molecule has 0 fully saturated rings. The van der Waals surface area contributed by atoms with E-state index in [2.05, 4.69) is 34.7 Å². The SMILES string of the molecule is O=C(Nc1ccn(Cc2cccc3ccccc23)n1)c1cccc(COc2ccccc2Cl)c1. The molecule has 0 saturated carbocycles. The monoisotopic (exact) mass is 467 g/mol. The maximum Gasteiger partial charge on any atom is 0.256 e. The summed E-state index contributed by atoms with van der Waals surface area (Å²) in [5.74, 6) is 0.883. The van der Waals surface area contributed by atoms with Crippen LogP contribution in [0.1, 0.15) is 21.5 Å². The number of rotatable bonds is 7. The van der Waals surface area contributed by atoms with E-state index in [1.165, 1.54) is 16.3 Å². The average Bonchev–Trinajstić information content (AvgIpc) is 3.30. The average molecular weight is 468 g/mol. The summed E-state index contributed by atoms with van der Waals surface area (Å²) in [4.78, 5) is 12.8. The lowest BCUT2D eigenvalue weighted by atomic mass is 10.0. The number of fused-ring (bicyclic) bond motifs is 1. The first-order valence-corrected chi connectivity index (χ1v) is 11.3. The van der Waals surface area contributed by atoms with Gasteiger partial charge in [0.25, 0.3) is 5.91 Å². The largest absolute Gasteiger partial charge is 0.487 e. The first kappa shape index (κ1) is 21.7. The highest BCUT2D eigenvalue weighted by molar-refractivity contribution is 6.32. The van der Waals surface area contributed by atoms with Crippen molar-refractivity contribution in [3.8, 4) is 5.75 Å². The molecular formula is C28H22ClN3O2. The van der Waals surface area contributed by atoms with Gasteiger partial charge in [-0.1, -0.05) is 78.3 Å². The van der Waals surface area contributed by atoms with E-state index >= 15 is 0 Å². The van der Waals surface area contributed by atoms with Crippen molar-refractivity contribution in [3.63, 3.8) is 0 Å². The molecule has 5 aromatic rings. The fourth-order valence-corrected chi connectivity index (χ4v) is 4.03. The van der Waals surface area contributed by atoms with E-state index in [1.54, 1.807) is 24.3 Å². The fraction of sp³-hybridized carbons (Fsp3) is 0.0714. The van der Waals surface area contributed by atoms with Crippen LogP contribution in [0.25, 0.3) is 10.8 Å². The predicted octanol–water partition coefficient (Wildman–Crippen LogP) is 6.57. The van der Waals surface area contributed by atoms with Crippen LogP contribution >= 0.6 is 11.6 Å². The molecule has 168 valence electrons. The summed E-state index contributed by atoms with van der Waals surface area (Å²) in [6.45, 7) is 0.927. The molecule has 0 unspecified atom stereocenters. The molecule has 1 aromatic heterocycles. The number of nitrogens with zero attached hydrogens (tertiary/aromatic N) is 2. The zero-order valence-electron chi connectivity index (χ0n) is 18.3. The van der Waals surface area contributed by atoms with Crippen LogP contribution in [0.4, 0.5) is 5.82 Å². The van der Waals surface area contributed by atoms with Gasteiger partial charge < -0.3 is 10.1 Å². The van der Waals surface area contributed by atoms with Crippen molar-refractivity contribution in [2.24, 2.45) is 0 Å². The van der Waals surface area contributed by atoms with Crippen LogP contribution in [0.15, 0.2) is 103 Å². The Kier molecular flexibility index (Phi) is 6.27. The third kappa shape index (κ3) is 4.95. The smallest absolute Gasteiger partial charge is 0.256 e. The summed E-state index contributed by atoms with van der Waals surface area (Å²) >= 11 is 6.15. The summed E-state index contributed by atoms with van der Waals surface area (Å²) < 4.78 is 7.61. The van der Waals surface area contributed by atoms with E-state index in [4.69, 9.17) is 16.3 Å². The van der Waals surface area contributed by atoms with Crippen LogP contribution in [0, 0.1) is 0 Å². The molecule has 0 aliphatic rings. The van der Waals surface area contributed by atoms with Gasteiger partial charge in [-0.15, -0.1) is 0 Å². The van der Waals surface area contributed by atoms with Crippen LogP contribution in [0.5, 0.6) is 5.75 Å². The van der Waals surface area contributed by atoms with Crippen molar-refractivity contribution >= 4 is 34.1 Å². The van der Waals surface area contributed by atoms with Gasteiger partial charge in [-0.25, -0.2) is 0 Å². The van der Waals surface area contributed by atoms with Crippen molar-refractivity contribution in [2.45, 2.75) is 13.2 Å². The molecule has 6 heteroatoms. The van der Waals surface area contributed by atoms with E-state index in [0.717, 1.165) is 5.56 Å². The lowest BCUT2D eigenvalue weighted by Gasteiger charge is -2.09. The molecule has 5 nitrogen and oxygen atoms in total. The number of halogens is 1. The number of hydrogen-bond acceptors (Lipinski definition) is 3. The van der Waals surface area contributed by atoms with Gasteiger partial charge >= 0.3 is 0 Å². The molecule has 0 aliphatic heterocycles. The summed E-state index contributed by atoms with van der Waals surface area (Å²) in [5.41, 5.74) is 2.57. The standard InChI is InChI=1S/C28H22ClN3O2/c29-25-13-3-4-14-26(25)34-19-20-7-5-10-22(17-20)28(33)30-27-15-16-32(31-27)18-23-11-6-9-21-8-1-2-12-24(21)23/h1-17H,18-19H2,(H,30,31,33). The Labute approximate surface area is 202 Å². The van der Waals surface area contributed by atoms with Gasteiger partial charge in [0.15, 0.2) is 5.82 Å². The lowest BCUT2D eigenvalue weighted by molar-refractivity contribution is 0.102. The number of para-hydroxylation sites is 1. The Morgan fingerprint density at radius 3 is 2.62 bits per heavy atom. The number of hydrogen-bond donors (Lipinski definition) is 1. The Morgan fingerprint density at radius 1 is 0.912 bits per heavy atom. The Bertz CT molecular complexity index is 1460. The summed E-state index contributed by atoms with van der Waals surface area (Å²) in [6, 6.07) is 30.9. The summed E-state index contributed by atoms with van der Waals surface area (Å²) in [6.07, 6.45) is 1.87. The van der Waals surface area contributed by atoms with Gasteiger partial charge in [0.1, 0.15) is 12.4 Å². The van der Waals surface area contributed by atoms with E-state index in [9.17, 15) is 4.79 Å². The molecule has 0 spiro atoms. The van der Waals surface area contributed by atoms with Gasteiger partial charge in [-0.2, -0.15) is 5.10 Å². The van der Waals surface area contributed by atoms with Gasteiger partial charge in [0.05, 0.1) is 11.6 Å². The Hall–Kier alpha value is -4.09. The quantitative estimate of drug-likeness (QED) is 0.294. The van der Waals surface area contributed by atoms with Crippen molar-refractivity contribution in [1.29, 1.82) is 0 Å². The lowest BCUT2D eigenvalue weighted by Crippen LogP contribution is -2.13. The van der Waals surface area contributed by atoms with E-state index in [-0.39, 0.29) is 5.91 Å². The number of anilines is 1. The van der Waals surface area contributed by atoms with Crippen molar-refractivity contribution in [1.82, 2.24) is 9.78 Å². The first-order chi connectivity index (χ1) is 16.7. The zero-order chi connectivity index (χ0) is 23.3. The minimum atomic E-state index is -0.227. The topological polar surface area (TPSA) is 56.2 Å². The second-order valence-corrected chi connectivity index (χ2v) is 8.32. The number of aromatic nitrogens is 2. The molecule has 34 heavy (non-hydrogen) atoms. The van der Waals surface area contributed by atoms with Crippen LogP contribution < -0.4 is 10.1 Å². The fourth-order valence-electron chi connectivity index (χ4n) is 3.84. The zero-order valence-corrected chi connectivity index (χ0v) is 19.1. The van der Waals surface area contributed by atoms with E-state index < -0.39 is 0 Å². The van der Waals surface area contributed by atoms with Crippen LogP contribution in [-0.4, -0.2) is 15.7 Å². The molecular weight excluding hydrogens is 446 g/mol. The minimum absolute atomic E-state index is 0.227. The van der Waals surface area contributed by atoms with Crippen LogP contribution in [0.2, 0.25) is 5.02 Å². The number of carbonyl (C=O) groups is 1. The molecule has 1 N–H and O–H groups in total. The van der Waals surface area contributed by atoms with Crippen molar-refractivity contribution in [3.05, 3.63) is 125 Å². The minimum Gasteiger partial charge on any atom is -0.487 e. The van der Waals surface area contributed by atoms with Gasteiger partial charge in [0.2, 0.25) is 0 Å². The molecule has 1 amide bonds. The normalized spacial score (nSPS) is 10.9. The number of benzene rings is 4. The number of nitrogens with one attached hydrogen (secondary N) is 1. The van der Waals surface area contributed by atoms with Crippen molar-refractivity contribution < 1.29 is 9.53 Å². The van der Waals surface area contributed by atoms with Gasteiger partial charge in [-0.05, 0) is 46.2 Å². The van der Waals surface area contributed by atoms with Crippen LogP contribution in [0.3, 0.4) is 0 Å². The van der Waals surface area contributed by atoms with Crippen molar-refractivity contribution in [2.75, 3.05) is 5.32 Å². The summed E-state index contributed by atoms with van der Waals surface area (Å²) in [5, 5.41) is 10.4. The Morgan fingerprint density at radius 2 is 1.71 bits per heavy atom. The third-order valence-electron chi connectivity index (χ3n) is 5.51. The van der Waals surface area contributed by atoms with Gasteiger partial charge in [0, 0.05) is 17.8 Å². The second-order valence-electron chi connectivity index (χ2n) is 7.91. The molecule has 0 radical (unpaired) electrons.